The van der Waals surface area contributed by atoms with Gasteiger partial charge in [-0.3, -0.25) is 9.48 Å². The largest absolute Gasteiger partial charge is 0.435 e. The van der Waals surface area contributed by atoms with Crippen LogP contribution in [0.4, 0.5) is 13.2 Å². The number of aryl methyl sites for hydroxylation is 1. The fraction of sp³-hybridized carbons (Fsp3) is 0.600. The molecule has 144 valence electrons. The summed E-state index contributed by atoms with van der Waals surface area (Å²) >= 11 is 1.19. The number of aromatic nitrogens is 5. The number of carbonyl (C=O) groups excluding carboxylic acids is 1. The molecule has 0 aliphatic carbocycles. The lowest BCUT2D eigenvalue weighted by Crippen LogP contribution is -2.28. The average Bonchev–Trinajstić information content (AvgIpc) is 3.13. The number of carbonyl (C=O) groups is 1. The monoisotopic (exact) mass is 390 g/mol. The van der Waals surface area contributed by atoms with Crippen LogP contribution in [0, 0.1) is 5.92 Å². The molecule has 0 aliphatic rings. The number of hydrogen-bond acceptors (Lipinski definition) is 5. The summed E-state index contributed by atoms with van der Waals surface area (Å²) in [5.74, 6) is 0.658. The Morgan fingerprint density at radius 3 is 2.58 bits per heavy atom. The molecular formula is C15H21F3N6OS. The number of alkyl halides is 3. The standard InChI is InChI=1S/C15H21F3N6OS/c1-5-24-13(10-6-11(15(16,17)18)22-23(10)4)20-21-14(24)26-8-12(25)19-7-9(2)3/h6,9H,5,7-8H2,1-4H3,(H,19,25). The van der Waals surface area contributed by atoms with Crippen LogP contribution in [-0.2, 0) is 24.6 Å². The summed E-state index contributed by atoms with van der Waals surface area (Å²) in [6.07, 6.45) is -4.53. The summed E-state index contributed by atoms with van der Waals surface area (Å²) in [5.41, 5.74) is -0.772. The Morgan fingerprint density at radius 2 is 2.04 bits per heavy atom. The van der Waals surface area contributed by atoms with Gasteiger partial charge in [-0.25, -0.2) is 0 Å². The van der Waals surface area contributed by atoms with Crippen molar-refractivity contribution in [2.24, 2.45) is 13.0 Å². The van der Waals surface area contributed by atoms with E-state index in [0.29, 0.717) is 24.2 Å². The van der Waals surface area contributed by atoms with Gasteiger partial charge in [-0.15, -0.1) is 10.2 Å². The molecule has 2 aromatic heterocycles. The summed E-state index contributed by atoms with van der Waals surface area (Å²) in [4.78, 5) is 11.8. The lowest BCUT2D eigenvalue weighted by molar-refractivity contribution is -0.141. The van der Waals surface area contributed by atoms with Crippen molar-refractivity contribution in [3.05, 3.63) is 11.8 Å². The smallest absolute Gasteiger partial charge is 0.355 e. The summed E-state index contributed by atoms with van der Waals surface area (Å²) in [6.45, 7) is 6.86. The molecular weight excluding hydrogens is 369 g/mol. The van der Waals surface area contributed by atoms with Crippen molar-refractivity contribution in [1.29, 1.82) is 0 Å². The predicted octanol–water partition coefficient (Wildman–Crippen LogP) is 2.58. The zero-order valence-electron chi connectivity index (χ0n) is 15.0. The molecule has 0 atom stereocenters. The van der Waals surface area contributed by atoms with Gasteiger partial charge in [-0.2, -0.15) is 18.3 Å². The minimum atomic E-state index is -4.53. The molecule has 0 saturated heterocycles. The minimum absolute atomic E-state index is 0.129. The fourth-order valence-electron chi connectivity index (χ4n) is 2.18. The summed E-state index contributed by atoms with van der Waals surface area (Å²) in [5, 5.41) is 14.8. The maximum Gasteiger partial charge on any atom is 0.435 e. The Bertz CT molecular complexity index is 768. The SMILES string of the molecule is CCn1c(SCC(=O)NCC(C)C)nnc1-c1cc(C(F)(F)F)nn1C. The number of halogens is 3. The highest BCUT2D eigenvalue weighted by Crippen LogP contribution is 2.31. The van der Waals surface area contributed by atoms with Crippen LogP contribution in [0.25, 0.3) is 11.5 Å². The Kier molecular flexibility index (Phi) is 6.32. The minimum Gasteiger partial charge on any atom is -0.355 e. The van der Waals surface area contributed by atoms with E-state index < -0.39 is 11.9 Å². The molecule has 0 saturated carbocycles. The molecule has 0 spiro atoms. The first-order chi connectivity index (χ1) is 12.1. The zero-order chi connectivity index (χ0) is 19.5. The van der Waals surface area contributed by atoms with Crippen molar-refractivity contribution in [2.75, 3.05) is 12.3 Å². The van der Waals surface area contributed by atoms with Crippen molar-refractivity contribution in [3.8, 4) is 11.5 Å². The number of amides is 1. The van der Waals surface area contributed by atoms with E-state index in [1.807, 2.05) is 20.8 Å². The quantitative estimate of drug-likeness (QED) is 0.736. The fourth-order valence-corrected chi connectivity index (χ4v) is 3.02. The van der Waals surface area contributed by atoms with Crippen molar-refractivity contribution >= 4 is 17.7 Å². The number of nitrogens with zero attached hydrogens (tertiary/aromatic N) is 5. The van der Waals surface area contributed by atoms with Crippen LogP contribution < -0.4 is 5.32 Å². The molecule has 7 nitrogen and oxygen atoms in total. The van der Waals surface area contributed by atoms with Crippen LogP contribution in [0.1, 0.15) is 26.5 Å². The number of rotatable bonds is 7. The first kappa shape index (κ1) is 20.3. The van der Waals surface area contributed by atoms with E-state index in [1.165, 1.54) is 18.8 Å². The Balaban J connectivity index is 2.18. The van der Waals surface area contributed by atoms with E-state index in [9.17, 15) is 18.0 Å². The average molecular weight is 390 g/mol. The van der Waals surface area contributed by atoms with Crippen LogP contribution >= 0.6 is 11.8 Å². The van der Waals surface area contributed by atoms with E-state index in [2.05, 4.69) is 20.6 Å². The molecule has 2 aromatic rings. The Hall–Kier alpha value is -2.04. The van der Waals surface area contributed by atoms with Gasteiger partial charge in [0.05, 0.1) is 5.75 Å². The molecule has 0 fully saturated rings. The van der Waals surface area contributed by atoms with Crippen LogP contribution in [-0.4, -0.2) is 42.7 Å². The summed E-state index contributed by atoms with van der Waals surface area (Å²) in [6, 6.07) is 0.944. The first-order valence-electron chi connectivity index (χ1n) is 8.07. The molecule has 0 bridgehead atoms. The van der Waals surface area contributed by atoms with Crippen LogP contribution in [0.3, 0.4) is 0 Å². The highest BCUT2D eigenvalue weighted by atomic mass is 32.2. The van der Waals surface area contributed by atoms with Gasteiger partial charge in [-0.05, 0) is 18.9 Å². The van der Waals surface area contributed by atoms with Gasteiger partial charge in [0.1, 0.15) is 5.69 Å². The number of thioether (sulfide) groups is 1. The van der Waals surface area contributed by atoms with Crippen LogP contribution in [0.5, 0.6) is 0 Å². The van der Waals surface area contributed by atoms with Gasteiger partial charge in [0, 0.05) is 20.1 Å². The van der Waals surface area contributed by atoms with Crippen molar-refractivity contribution in [3.63, 3.8) is 0 Å². The molecule has 0 aromatic carbocycles. The topological polar surface area (TPSA) is 77.6 Å². The molecule has 2 rings (SSSR count). The highest BCUT2D eigenvalue weighted by molar-refractivity contribution is 7.99. The third-order valence-corrected chi connectivity index (χ3v) is 4.44. The second kappa shape index (κ2) is 8.11. The first-order valence-corrected chi connectivity index (χ1v) is 9.06. The lowest BCUT2D eigenvalue weighted by Gasteiger charge is -2.08. The van der Waals surface area contributed by atoms with Crippen molar-refractivity contribution in [1.82, 2.24) is 29.9 Å². The van der Waals surface area contributed by atoms with Gasteiger partial charge in [0.2, 0.25) is 5.91 Å². The van der Waals surface area contributed by atoms with Gasteiger partial charge in [-0.1, -0.05) is 25.6 Å². The molecule has 11 heteroatoms. The molecule has 0 unspecified atom stereocenters. The summed E-state index contributed by atoms with van der Waals surface area (Å²) < 4.78 is 41.4. The number of nitrogens with one attached hydrogen (secondary N) is 1. The third kappa shape index (κ3) is 4.77. The van der Waals surface area contributed by atoms with Gasteiger partial charge >= 0.3 is 6.18 Å². The maximum absolute atomic E-state index is 12.9. The zero-order valence-corrected chi connectivity index (χ0v) is 15.8. The molecule has 26 heavy (non-hydrogen) atoms. The van der Waals surface area contributed by atoms with Gasteiger partial charge in [0.15, 0.2) is 16.7 Å². The van der Waals surface area contributed by atoms with E-state index in [0.717, 1.165) is 10.7 Å². The summed E-state index contributed by atoms with van der Waals surface area (Å²) in [7, 11) is 1.42. The van der Waals surface area contributed by atoms with E-state index >= 15 is 0 Å². The highest BCUT2D eigenvalue weighted by Gasteiger charge is 2.35. The molecule has 0 radical (unpaired) electrons. The van der Waals surface area contributed by atoms with Crippen molar-refractivity contribution in [2.45, 2.75) is 38.6 Å². The third-order valence-electron chi connectivity index (χ3n) is 3.47. The van der Waals surface area contributed by atoms with E-state index in [-0.39, 0.29) is 23.2 Å². The molecule has 1 N–H and O–H groups in total. The van der Waals surface area contributed by atoms with Gasteiger partial charge in [0.25, 0.3) is 0 Å². The molecule has 1 amide bonds. The Labute approximate surface area is 153 Å². The van der Waals surface area contributed by atoms with Crippen molar-refractivity contribution < 1.29 is 18.0 Å². The lowest BCUT2D eigenvalue weighted by atomic mass is 10.2. The molecule has 0 aliphatic heterocycles. The molecule has 2 heterocycles. The van der Waals surface area contributed by atoms with E-state index in [4.69, 9.17) is 0 Å². The Morgan fingerprint density at radius 1 is 1.35 bits per heavy atom. The maximum atomic E-state index is 12.9. The normalized spacial score (nSPS) is 12.0. The van der Waals surface area contributed by atoms with Gasteiger partial charge < -0.3 is 9.88 Å². The van der Waals surface area contributed by atoms with E-state index in [1.54, 1.807) is 4.57 Å². The second-order valence-corrected chi connectivity index (χ2v) is 7.02. The number of hydrogen-bond donors (Lipinski definition) is 1. The van der Waals surface area contributed by atoms with Crippen LogP contribution in [0.15, 0.2) is 11.2 Å². The second-order valence-electron chi connectivity index (χ2n) is 6.07. The predicted molar refractivity (Wildman–Crippen MR) is 91.5 cm³/mol. The van der Waals surface area contributed by atoms with Crippen LogP contribution in [0.2, 0.25) is 0 Å².